The van der Waals surface area contributed by atoms with E-state index in [0.717, 1.165) is 5.56 Å². The first-order chi connectivity index (χ1) is 5.77. The van der Waals surface area contributed by atoms with Crippen LogP contribution in [0.25, 0.3) is 4.85 Å². The standard InChI is InChI=1S/C9H10N2O/c1-11-8-4-2-7(3-5-8)9(12)6-10/h2-5,9,12H,6,10H2. The molecule has 0 aromatic heterocycles. The van der Waals surface area contributed by atoms with Crippen molar-refractivity contribution in [1.29, 1.82) is 0 Å². The second-order valence-corrected chi connectivity index (χ2v) is 2.45. The minimum Gasteiger partial charge on any atom is -0.387 e. The fourth-order valence-electron chi connectivity index (χ4n) is 0.907. The van der Waals surface area contributed by atoms with Gasteiger partial charge in [-0.15, -0.1) is 0 Å². The van der Waals surface area contributed by atoms with Crippen molar-refractivity contribution in [2.24, 2.45) is 5.73 Å². The third kappa shape index (κ3) is 1.82. The monoisotopic (exact) mass is 162 g/mol. The molecule has 0 heterocycles. The van der Waals surface area contributed by atoms with E-state index in [9.17, 15) is 5.11 Å². The van der Waals surface area contributed by atoms with Gasteiger partial charge < -0.3 is 10.8 Å². The summed E-state index contributed by atoms with van der Waals surface area (Å²) in [4.78, 5) is 3.23. The van der Waals surface area contributed by atoms with Crippen LogP contribution in [0.2, 0.25) is 0 Å². The van der Waals surface area contributed by atoms with Gasteiger partial charge in [-0.05, 0) is 5.56 Å². The summed E-state index contributed by atoms with van der Waals surface area (Å²) in [6, 6.07) is 6.76. The Kier molecular flexibility index (Phi) is 2.81. The summed E-state index contributed by atoms with van der Waals surface area (Å²) in [6.07, 6.45) is -0.621. The first-order valence-electron chi connectivity index (χ1n) is 3.63. The molecule has 12 heavy (non-hydrogen) atoms. The number of aliphatic hydroxyl groups is 1. The van der Waals surface area contributed by atoms with Gasteiger partial charge in [0.1, 0.15) is 0 Å². The molecule has 0 saturated carbocycles. The fourth-order valence-corrected chi connectivity index (χ4v) is 0.907. The molecule has 0 radical (unpaired) electrons. The maximum absolute atomic E-state index is 9.29. The lowest BCUT2D eigenvalue weighted by Gasteiger charge is -2.06. The summed E-state index contributed by atoms with van der Waals surface area (Å²) < 4.78 is 0. The molecule has 1 aromatic carbocycles. The van der Waals surface area contributed by atoms with Gasteiger partial charge in [-0.3, -0.25) is 0 Å². The van der Waals surface area contributed by atoms with Gasteiger partial charge in [-0.1, -0.05) is 24.3 Å². The summed E-state index contributed by atoms with van der Waals surface area (Å²) in [5, 5.41) is 9.29. The molecule has 3 N–H and O–H groups in total. The van der Waals surface area contributed by atoms with Crippen LogP contribution in [-0.4, -0.2) is 11.7 Å². The summed E-state index contributed by atoms with van der Waals surface area (Å²) in [7, 11) is 0. The molecule has 0 amide bonds. The van der Waals surface area contributed by atoms with Gasteiger partial charge in [0.15, 0.2) is 5.69 Å². The number of hydrogen-bond donors (Lipinski definition) is 2. The number of aliphatic hydroxyl groups excluding tert-OH is 1. The minimum atomic E-state index is -0.621. The molecule has 0 aliphatic heterocycles. The molecule has 0 saturated heterocycles. The van der Waals surface area contributed by atoms with Crippen molar-refractivity contribution < 1.29 is 5.11 Å². The van der Waals surface area contributed by atoms with Crippen LogP contribution in [-0.2, 0) is 0 Å². The van der Waals surface area contributed by atoms with E-state index in [1.807, 2.05) is 0 Å². The van der Waals surface area contributed by atoms with Crippen molar-refractivity contribution in [3.05, 3.63) is 41.2 Å². The molecule has 0 bridgehead atoms. The van der Waals surface area contributed by atoms with Crippen molar-refractivity contribution in [2.75, 3.05) is 6.54 Å². The molecule has 0 fully saturated rings. The third-order valence-electron chi connectivity index (χ3n) is 1.63. The molecule has 1 unspecified atom stereocenters. The molecule has 62 valence electrons. The van der Waals surface area contributed by atoms with Gasteiger partial charge in [0.2, 0.25) is 0 Å². The van der Waals surface area contributed by atoms with E-state index in [1.54, 1.807) is 24.3 Å². The topological polar surface area (TPSA) is 50.6 Å². The maximum atomic E-state index is 9.29. The Morgan fingerprint density at radius 1 is 1.42 bits per heavy atom. The first-order valence-corrected chi connectivity index (χ1v) is 3.63. The van der Waals surface area contributed by atoms with E-state index in [1.165, 1.54) is 0 Å². The van der Waals surface area contributed by atoms with Gasteiger partial charge in [-0.25, -0.2) is 4.85 Å². The van der Waals surface area contributed by atoms with Gasteiger partial charge >= 0.3 is 0 Å². The highest BCUT2D eigenvalue weighted by molar-refractivity contribution is 5.45. The molecule has 3 heteroatoms. The Morgan fingerprint density at radius 2 is 2.00 bits per heavy atom. The lowest BCUT2D eigenvalue weighted by atomic mass is 10.1. The molecule has 1 aromatic rings. The predicted molar refractivity (Wildman–Crippen MR) is 46.7 cm³/mol. The second-order valence-electron chi connectivity index (χ2n) is 2.45. The number of nitrogens with zero attached hydrogens (tertiary/aromatic N) is 1. The van der Waals surface area contributed by atoms with Crippen LogP contribution >= 0.6 is 0 Å². The Balaban J connectivity index is 2.86. The Hall–Kier alpha value is -1.37. The van der Waals surface area contributed by atoms with E-state index < -0.39 is 6.10 Å². The molecular weight excluding hydrogens is 152 g/mol. The van der Waals surface area contributed by atoms with E-state index >= 15 is 0 Å². The van der Waals surface area contributed by atoms with Crippen molar-refractivity contribution in [3.63, 3.8) is 0 Å². The van der Waals surface area contributed by atoms with Crippen LogP contribution in [0.15, 0.2) is 24.3 Å². The minimum absolute atomic E-state index is 0.206. The lowest BCUT2D eigenvalue weighted by Crippen LogP contribution is -2.10. The molecular formula is C9H10N2O. The van der Waals surface area contributed by atoms with Crippen molar-refractivity contribution in [1.82, 2.24) is 0 Å². The van der Waals surface area contributed by atoms with Crippen LogP contribution in [0, 0.1) is 6.57 Å². The van der Waals surface area contributed by atoms with Crippen LogP contribution < -0.4 is 5.73 Å². The third-order valence-corrected chi connectivity index (χ3v) is 1.63. The number of nitrogens with two attached hydrogens (primary N) is 1. The Labute approximate surface area is 71.3 Å². The molecule has 1 rings (SSSR count). The van der Waals surface area contributed by atoms with Gasteiger partial charge in [0.25, 0.3) is 0 Å². The zero-order chi connectivity index (χ0) is 8.97. The first kappa shape index (κ1) is 8.72. The highest BCUT2D eigenvalue weighted by Gasteiger charge is 2.03. The number of benzene rings is 1. The SMILES string of the molecule is [C-]#[N+]c1ccc(C(O)CN)cc1. The summed E-state index contributed by atoms with van der Waals surface area (Å²) >= 11 is 0. The lowest BCUT2D eigenvalue weighted by molar-refractivity contribution is 0.187. The highest BCUT2D eigenvalue weighted by atomic mass is 16.3. The van der Waals surface area contributed by atoms with Crippen LogP contribution in [0.1, 0.15) is 11.7 Å². The van der Waals surface area contributed by atoms with Crippen molar-refractivity contribution >= 4 is 5.69 Å². The highest BCUT2D eigenvalue weighted by Crippen LogP contribution is 2.16. The number of hydrogen-bond acceptors (Lipinski definition) is 2. The molecule has 0 aliphatic rings. The van der Waals surface area contributed by atoms with E-state index in [0.29, 0.717) is 5.69 Å². The average Bonchev–Trinajstić information content (AvgIpc) is 2.17. The van der Waals surface area contributed by atoms with E-state index in [4.69, 9.17) is 12.3 Å². The van der Waals surface area contributed by atoms with Crippen LogP contribution in [0.4, 0.5) is 5.69 Å². The second kappa shape index (κ2) is 3.86. The maximum Gasteiger partial charge on any atom is 0.187 e. The van der Waals surface area contributed by atoms with Crippen LogP contribution in [0.3, 0.4) is 0 Å². The largest absolute Gasteiger partial charge is 0.387 e. The summed E-state index contributed by atoms with van der Waals surface area (Å²) in [5.41, 5.74) is 6.59. The molecule has 3 nitrogen and oxygen atoms in total. The van der Waals surface area contributed by atoms with Crippen molar-refractivity contribution in [2.45, 2.75) is 6.10 Å². The average molecular weight is 162 g/mol. The van der Waals surface area contributed by atoms with Gasteiger partial charge in [0.05, 0.1) is 12.7 Å². The molecule has 1 atom stereocenters. The van der Waals surface area contributed by atoms with Crippen molar-refractivity contribution in [3.8, 4) is 0 Å². The zero-order valence-corrected chi connectivity index (χ0v) is 6.57. The normalized spacial score (nSPS) is 12.1. The summed E-state index contributed by atoms with van der Waals surface area (Å²) in [6.45, 7) is 6.91. The molecule has 0 aliphatic carbocycles. The van der Waals surface area contributed by atoms with Gasteiger partial charge in [-0.2, -0.15) is 0 Å². The molecule has 0 spiro atoms. The smallest absolute Gasteiger partial charge is 0.187 e. The predicted octanol–water partition coefficient (Wildman–Crippen LogP) is 1.23. The summed E-state index contributed by atoms with van der Waals surface area (Å²) in [5.74, 6) is 0. The zero-order valence-electron chi connectivity index (χ0n) is 6.57. The van der Waals surface area contributed by atoms with E-state index in [2.05, 4.69) is 4.85 Å². The van der Waals surface area contributed by atoms with Gasteiger partial charge in [0, 0.05) is 6.54 Å². The van der Waals surface area contributed by atoms with E-state index in [-0.39, 0.29) is 6.54 Å². The Bertz CT molecular complexity index is 286. The van der Waals surface area contributed by atoms with Crippen LogP contribution in [0.5, 0.6) is 0 Å². The fraction of sp³-hybridized carbons (Fsp3) is 0.222. The Morgan fingerprint density at radius 3 is 2.42 bits per heavy atom. The number of rotatable bonds is 2. The quantitative estimate of drug-likeness (QED) is 0.642.